The molecular weight excluding hydrogens is 248 g/mol. The van der Waals surface area contributed by atoms with Crippen LogP contribution in [0.4, 0.5) is 5.69 Å². The summed E-state index contributed by atoms with van der Waals surface area (Å²) in [4.78, 5) is 1.84. The number of nitrogens with zero attached hydrogens (tertiary/aromatic N) is 2. The Hall–Kier alpha value is -2.05. The van der Waals surface area contributed by atoms with E-state index in [-0.39, 0.29) is 12.0 Å². The van der Waals surface area contributed by atoms with Gasteiger partial charge in [-0.15, -0.1) is 0 Å². The fourth-order valence-corrected chi connectivity index (χ4v) is 1.84. The fourth-order valence-electron chi connectivity index (χ4n) is 1.84. The first kappa shape index (κ1) is 16.0. The number of allylic oxidation sites excluding steroid dienone is 3. The van der Waals surface area contributed by atoms with Crippen LogP contribution in [0.3, 0.4) is 0 Å². The smallest absolute Gasteiger partial charge is 0.120 e. The number of aliphatic hydroxyl groups is 1. The second kappa shape index (κ2) is 8.19. The predicted molar refractivity (Wildman–Crippen MR) is 83.1 cm³/mol. The first-order valence-electron chi connectivity index (χ1n) is 6.85. The zero-order chi connectivity index (χ0) is 15.0. The van der Waals surface area contributed by atoms with Crippen LogP contribution in [0, 0.1) is 17.2 Å². The molecule has 0 amide bonds. The molecule has 0 saturated carbocycles. The van der Waals surface area contributed by atoms with E-state index >= 15 is 0 Å². The monoisotopic (exact) mass is 270 g/mol. The van der Waals surface area contributed by atoms with Crippen LogP contribution in [-0.2, 0) is 0 Å². The third kappa shape index (κ3) is 4.56. The van der Waals surface area contributed by atoms with E-state index in [1.54, 1.807) is 6.08 Å². The van der Waals surface area contributed by atoms with Crippen LogP contribution in [0.25, 0.3) is 0 Å². The zero-order valence-electron chi connectivity index (χ0n) is 12.3. The first-order chi connectivity index (χ1) is 9.60. The predicted octanol–water partition coefficient (Wildman–Crippen LogP) is 3.49. The Morgan fingerprint density at radius 3 is 2.60 bits per heavy atom. The molecule has 0 spiro atoms. The van der Waals surface area contributed by atoms with Crippen molar-refractivity contribution in [1.29, 1.82) is 5.26 Å². The van der Waals surface area contributed by atoms with Crippen LogP contribution in [-0.4, -0.2) is 18.3 Å². The lowest BCUT2D eigenvalue weighted by Crippen LogP contribution is -2.15. The van der Waals surface area contributed by atoms with Gasteiger partial charge in [0.2, 0.25) is 0 Å². The Labute approximate surface area is 121 Å². The van der Waals surface area contributed by atoms with Crippen LogP contribution in [0.5, 0.6) is 0 Å². The molecule has 0 aliphatic heterocycles. The van der Waals surface area contributed by atoms with Gasteiger partial charge in [-0.05, 0) is 24.6 Å². The summed E-state index contributed by atoms with van der Waals surface area (Å²) in [7, 11) is 1.86. The highest BCUT2D eigenvalue weighted by atomic mass is 16.3. The fraction of sp³-hybridized carbons (Fsp3) is 0.353. The maximum atomic E-state index is 9.69. The third-order valence-electron chi connectivity index (χ3n) is 3.31. The number of benzene rings is 1. The molecule has 3 nitrogen and oxygen atoms in total. The molecule has 0 fully saturated rings. The van der Waals surface area contributed by atoms with Gasteiger partial charge in [-0.1, -0.05) is 44.2 Å². The summed E-state index contributed by atoms with van der Waals surface area (Å²) in [5.74, 6) is 0.0817. The number of hydrogen-bond donors (Lipinski definition) is 1. The van der Waals surface area contributed by atoms with Crippen LogP contribution < -0.4 is 4.90 Å². The van der Waals surface area contributed by atoms with Gasteiger partial charge in [-0.2, -0.15) is 5.26 Å². The average molecular weight is 270 g/mol. The van der Waals surface area contributed by atoms with Gasteiger partial charge in [0.15, 0.2) is 0 Å². The summed E-state index contributed by atoms with van der Waals surface area (Å²) >= 11 is 0. The Balaban J connectivity index is 2.79. The zero-order valence-corrected chi connectivity index (χ0v) is 12.3. The Bertz CT molecular complexity index is 499. The van der Waals surface area contributed by atoms with Gasteiger partial charge in [0.25, 0.3) is 0 Å². The van der Waals surface area contributed by atoms with Crippen molar-refractivity contribution < 1.29 is 5.11 Å². The molecule has 1 rings (SSSR count). The molecule has 0 aromatic heterocycles. The van der Waals surface area contributed by atoms with Crippen molar-refractivity contribution in [2.45, 2.75) is 26.4 Å². The topological polar surface area (TPSA) is 47.3 Å². The summed E-state index contributed by atoms with van der Waals surface area (Å²) in [5.41, 5.74) is 1.53. The lowest BCUT2D eigenvalue weighted by atomic mass is 10.0. The highest BCUT2D eigenvalue weighted by Crippen LogP contribution is 2.16. The number of anilines is 1. The van der Waals surface area contributed by atoms with Crippen LogP contribution in [0.1, 0.15) is 20.3 Å². The molecule has 2 atom stereocenters. The highest BCUT2D eigenvalue weighted by Gasteiger charge is 2.08. The van der Waals surface area contributed by atoms with Crippen LogP contribution in [0.2, 0.25) is 0 Å². The number of aliphatic hydroxyl groups excluding tert-OH is 1. The molecule has 0 heterocycles. The Morgan fingerprint density at radius 2 is 2.05 bits per heavy atom. The minimum Gasteiger partial charge on any atom is -0.393 e. The van der Waals surface area contributed by atoms with Crippen LogP contribution in [0.15, 0.2) is 54.3 Å². The minimum atomic E-state index is -0.336. The summed E-state index contributed by atoms with van der Waals surface area (Å²) in [6.45, 7) is 3.92. The summed E-state index contributed by atoms with van der Waals surface area (Å²) in [5, 5.41) is 18.9. The number of nitriles is 1. The van der Waals surface area contributed by atoms with E-state index in [4.69, 9.17) is 0 Å². The number of rotatable bonds is 6. The van der Waals surface area contributed by atoms with Gasteiger partial charge in [0.1, 0.15) is 11.8 Å². The SMILES string of the molecule is CCC(O)C(C)/C=C/C=C(/C#N)N(C)c1ccccc1. The van der Waals surface area contributed by atoms with E-state index in [9.17, 15) is 10.4 Å². The lowest BCUT2D eigenvalue weighted by molar-refractivity contribution is 0.134. The van der Waals surface area contributed by atoms with Crippen molar-refractivity contribution in [2.24, 2.45) is 5.92 Å². The summed E-state index contributed by atoms with van der Waals surface area (Å²) in [6, 6.07) is 11.9. The van der Waals surface area contributed by atoms with E-state index in [2.05, 4.69) is 6.07 Å². The normalized spacial score (nSPS) is 14.8. The van der Waals surface area contributed by atoms with E-state index in [1.807, 2.05) is 68.3 Å². The Morgan fingerprint density at radius 1 is 1.40 bits per heavy atom. The standard InChI is InChI=1S/C17H22N2O/c1-4-17(20)14(2)9-8-12-16(13-18)19(3)15-10-6-5-7-11-15/h5-12,14,17,20H,4H2,1-3H3/b9-8+,16-12-. The molecule has 2 unspecified atom stereocenters. The number of hydrogen-bond acceptors (Lipinski definition) is 3. The van der Waals surface area contributed by atoms with Crippen molar-refractivity contribution in [3.05, 3.63) is 54.3 Å². The van der Waals surface area contributed by atoms with Crippen LogP contribution >= 0.6 is 0 Å². The molecule has 20 heavy (non-hydrogen) atoms. The summed E-state index contributed by atoms with van der Waals surface area (Å²) in [6.07, 6.45) is 5.92. The minimum absolute atomic E-state index is 0.0817. The molecular formula is C17H22N2O. The van der Waals surface area contributed by atoms with Crippen molar-refractivity contribution in [3.63, 3.8) is 0 Å². The first-order valence-corrected chi connectivity index (χ1v) is 6.85. The van der Waals surface area contributed by atoms with Gasteiger partial charge < -0.3 is 10.0 Å². The van der Waals surface area contributed by atoms with Gasteiger partial charge in [0, 0.05) is 18.7 Å². The average Bonchev–Trinajstić information content (AvgIpc) is 2.50. The number of para-hydroxylation sites is 1. The van der Waals surface area contributed by atoms with Gasteiger partial charge in [0.05, 0.1) is 6.10 Å². The highest BCUT2D eigenvalue weighted by molar-refractivity contribution is 5.54. The largest absolute Gasteiger partial charge is 0.393 e. The molecule has 0 saturated heterocycles. The third-order valence-corrected chi connectivity index (χ3v) is 3.31. The van der Waals surface area contributed by atoms with Crippen molar-refractivity contribution in [2.75, 3.05) is 11.9 Å². The molecule has 0 aliphatic carbocycles. The second-order valence-electron chi connectivity index (χ2n) is 4.78. The molecule has 0 aliphatic rings. The molecule has 0 radical (unpaired) electrons. The van der Waals surface area contributed by atoms with Crippen molar-refractivity contribution in [1.82, 2.24) is 0 Å². The van der Waals surface area contributed by atoms with E-state index in [1.165, 1.54) is 0 Å². The maximum Gasteiger partial charge on any atom is 0.120 e. The van der Waals surface area contributed by atoms with Gasteiger partial charge in [-0.3, -0.25) is 0 Å². The molecule has 3 heteroatoms. The van der Waals surface area contributed by atoms with Gasteiger partial charge >= 0.3 is 0 Å². The molecule has 106 valence electrons. The lowest BCUT2D eigenvalue weighted by Gasteiger charge is -2.17. The molecule has 1 aromatic rings. The second-order valence-corrected chi connectivity index (χ2v) is 4.78. The van der Waals surface area contributed by atoms with Crippen molar-refractivity contribution >= 4 is 5.69 Å². The molecule has 0 bridgehead atoms. The van der Waals surface area contributed by atoms with E-state index in [0.29, 0.717) is 5.70 Å². The summed E-state index contributed by atoms with van der Waals surface area (Å²) < 4.78 is 0. The quantitative estimate of drug-likeness (QED) is 0.636. The van der Waals surface area contributed by atoms with Crippen molar-refractivity contribution in [3.8, 4) is 6.07 Å². The van der Waals surface area contributed by atoms with Gasteiger partial charge in [-0.25, -0.2) is 0 Å². The maximum absolute atomic E-state index is 9.69. The van der Waals surface area contributed by atoms with E-state index in [0.717, 1.165) is 12.1 Å². The Kier molecular flexibility index (Phi) is 6.55. The molecule has 1 aromatic carbocycles. The van der Waals surface area contributed by atoms with E-state index < -0.39 is 0 Å². The molecule has 1 N–H and O–H groups in total.